The molecule has 13 heavy (non-hydrogen) atoms. The zero-order valence-corrected chi connectivity index (χ0v) is 7.20. The standard InChI is InChI=1S/C7H11NO5/c1-5(2)6(9)12-3-4-13-7(10)8-11/h11H,1,3-4H2,2H3,(H,8,10). The molecule has 0 saturated carbocycles. The first-order valence-electron chi connectivity index (χ1n) is 3.47. The zero-order valence-electron chi connectivity index (χ0n) is 7.20. The molecule has 0 bridgehead atoms. The highest BCUT2D eigenvalue weighted by molar-refractivity contribution is 5.86. The molecule has 0 unspecified atom stereocenters. The number of ether oxygens (including phenoxy) is 2. The molecule has 0 rings (SSSR count). The number of hydrogen-bond acceptors (Lipinski definition) is 5. The second-order valence-corrected chi connectivity index (χ2v) is 2.16. The topological polar surface area (TPSA) is 84.9 Å². The number of carbonyl (C=O) groups is 2. The third-order valence-electron chi connectivity index (χ3n) is 0.989. The van der Waals surface area contributed by atoms with Crippen molar-refractivity contribution < 1.29 is 24.3 Å². The van der Waals surface area contributed by atoms with Crippen molar-refractivity contribution in [3.8, 4) is 0 Å². The molecule has 0 fully saturated rings. The Balaban J connectivity index is 3.41. The minimum absolute atomic E-state index is 0.0703. The van der Waals surface area contributed by atoms with Gasteiger partial charge in [0, 0.05) is 5.57 Å². The van der Waals surface area contributed by atoms with Crippen LogP contribution in [0.4, 0.5) is 4.79 Å². The Bertz CT molecular complexity index is 213. The lowest BCUT2D eigenvalue weighted by atomic mass is 10.4. The fourth-order valence-corrected chi connectivity index (χ4v) is 0.424. The summed E-state index contributed by atoms with van der Waals surface area (Å²) in [5, 5.41) is 7.99. The first-order valence-corrected chi connectivity index (χ1v) is 3.47. The fraction of sp³-hybridized carbons (Fsp3) is 0.429. The lowest BCUT2D eigenvalue weighted by Crippen LogP contribution is -2.22. The number of amides is 1. The summed E-state index contributed by atoms with van der Waals surface area (Å²) >= 11 is 0. The van der Waals surface area contributed by atoms with Crippen LogP contribution in [0, 0.1) is 0 Å². The molecule has 0 aromatic rings. The van der Waals surface area contributed by atoms with Crippen LogP contribution in [0.5, 0.6) is 0 Å². The molecule has 0 aliphatic rings. The van der Waals surface area contributed by atoms with Crippen molar-refractivity contribution in [1.82, 2.24) is 5.48 Å². The molecule has 0 aromatic carbocycles. The second-order valence-electron chi connectivity index (χ2n) is 2.16. The van der Waals surface area contributed by atoms with Crippen LogP contribution >= 0.6 is 0 Å². The van der Waals surface area contributed by atoms with Crippen molar-refractivity contribution in [3.63, 3.8) is 0 Å². The van der Waals surface area contributed by atoms with Gasteiger partial charge in [0.15, 0.2) is 0 Å². The highest BCUT2D eigenvalue weighted by Gasteiger charge is 2.03. The Hall–Kier alpha value is -1.56. The lowest BCUT2D eigenvalue weighted by molar-refractivity contribution is -0.140. The summed E-state index contributed by atoms with van der Waals surface area (Å²) in [4.78, 5) is 21.0. The predicted octanol–water partition coefficient (Wildman–Crippen LogP) is 0.221. The van der Waals surface area contributed by atoms with Crippen LogP contribution < -0.4 is 5.48 Å². The number of esters is 1. The maximum atomic E-state index is 10.7. The molecule has 0 atom stereocenters. The van der Waals surface area contributed by atoms with E-state index < -0.39 is 12.1 Å². The van der Waals surface area contributed by atoms with Gasteiger partial charge in [-0.1, -0.05) is 6.58 Å². The first kappa shape index (κ1) is 11.4. The van der Waals surface area contributed by atoms with E-state index in [1.807, 2.05) is 0 Å². The first-order chi connectivity index (χ1) is 6.07. The van der Waals surface area contributed by atoms with Crippen molar-refractivity contribution >= 4 is 12.1 Å². The molecular weight excluding hydrogens is 178 g/mol. The largest absolute Gasteiger partial charge is 0.459 e. The van der Waals surface area contributed by atoms with E-state index in [0.717, 1.165) is 0 Å². The Kier molecular flexibility index (Phi) is 5.29. The summed E-state index contributed by atoms with van der Waals surface area (Å²) in [5.74, 6) is -0.548. The molecule has 0 spiro atoms. The number of carbonyl (C=O) groups excluding carboxylic acids is 2. The molecule has 74 valence electrons. The van der Waals surface area contributed by atoms with E-state index in [0.29, 0.717) is 0 Å². The normalized spacial score (nSPS) is 8.77. The molecule has 1 amide bonds. The maximum Gasteiger partial charge on any atom is 0.431 e. The van der Waals surface area contributed by atoms with Gasteiger partial charge in [0.1, 0.15) is 13.2 Å². The van der Waals surface area contributed by atoms with Gasteiger partial charge in [0.25, 0.3) is 0 Å². The zero-order chi connectivity index (χ0) is 10.3. The van der Waals surface area contributed by atoms with Crippen LogP contribution in [-0.2, 0) is 14.3 Å². The molecular formula is C7H11NO5. The third kappa shape index (κ3) is 5.68. The minimum atomic E-state index is -0.994. The summed E-state index contributed by atoms with van der Waals surface area (Å²) in [6.07, 6.45) is -0.994. The molecule has 0 aromatic heterocycles. The monoisotopic (exact) mass is 189 g/mol. The van der Waals surface area contributed by atoms with Gasteiger partial charge in [0.2, 0.25) is 0 Å². The summed E-state index contributed by atoms with van der Waals surface area (Å²) in [6, 6.07) is 0. The highest BCUT2D eigenvalue weighted by atomic mass is 16.6. The number of nitrogens with one attached hydrogen (secondary N) is 1. The van der Waals surface area contributed by atoms with Gasteiger partial charge in [0.05, 0.1) is 0 Å². The predicted molar refractivity (Wildman–Crippen MR) is 42.0 cm³/mol. The van der Waals surface area contributed by atoms with E-state index in [4.69, 9.17) is 5.21 Å². The van der Waals surface area contributed by atoms with E-state index in [9.17, 15) is 9.59 Å². The van der Waals surface area contributed by atoms with Crippen LogP contribution in [0.2, 0.25) is 0 Å². The van der Waals surface area contributed by atoms with E-state index in [-0.39, 0.29) is 18.8 Å². The number of hydroxylamine groups is 1. The van der Waals surface area contributed by atoms with Gasteiger partial charge in [-0.2, -0.15) is 0 Å². The summed E-state index contributed by atoms with van der Waals surface area (Å²) in [7, 11) is 0. The fourth-order valence-electron chi connectivity index (χ4n) is 0.424. The molecule has 0 radical (unpaired) electrons. The number of hydrogen-bond donors (Lipinski definition) is 2. The van der Waals surface area contributed by atoms with Gasteiger partial charge in [-0.05, 0) is 6.92 Å². The SMILES string of the molecule is C=C(C)C(=O)OCCOC(=O)NO. The van der Waals surface area contributed by atoms with E-state index >= 15 is 0 Å². The van der Waals surface area contributed by atoms with Gasteiger partial charge in [-0.25, -0.2) is 15.1 Å². The van der Waals surface area contributed by atoms with E-state index in [2.05, 4.69) is 16.1 Å². The maximum absolute atomic E-state index is 10.7. The molecule has 0 heterocycles. The smallest absolute Gasteiger partial charge is 0.431 e. The van der Waals surface area contributed by atoms with Gasteiger partial charge < -0.3 is 9.47 Å². The second kappa shape index (κ2) is 6.01. The Morgan fingerprint density at radius 1 is 1.38 bits per heavy atom. The molecule has 0 aliphatic heterocycles. The molecule has 2 N–H and O–H groups in total. The van der Waals surface area contributed by atoms with Crippen LogP contribution in [0.25, 0.3) is 0 Å². The van der Waals surface area contributed by atoms with Crippen LogP contribution in [0.15, 0.2) is 12.2 Å². The van der Waals surface area contributed by atoms with Crippen LogP contribution in [0.1, 0.15) is 6.92 Å². The quantitative estimate of drug-likeness (QED) is 0.217. The van der Waals surface area contributed by atoms with E-state index in [1.54, 1.807) is 0 Å². The molecule has 0 saturated heterocycles. The van der Waals surface area contributed by atoms with Crippen molar-refractivity contribution in [2.24, 2.45) is 0 Å². The van der Waals surface area contributed by atoms with Crippen molar-refractivity contribution in [1.29, 1.82) is 0 Å². The summed E-state index contributed by atoms with van der Waals surface area (Å²) in [6.45, 7) is 4.66. The average molecular weight is 189 g/mol. The van der Waals surface area contributed by atoms with Crippen molar-refractivity contribution in [2.45, 2.75) is 6.92 Å². The Morgan fingerprint density at radius 3 is 2.38 bits per heavy atom. The average Bonchev–Trinajstić information content (AvgIpc) is 2.11. The number of rotatable bonds is 4. The van der Waals surface area contributed by atoms with Crippen molar-refractivity contribution in [2.75, 3.05) is 13.2 Å². The highest BCUT2D eigenvalue weighted by Crippen LogP contribution is 1.91. The third-order valence-corrected chi connectivity index (χ3v) is 0.989. The van der Waals surface area contributed by atoms with Crippen molar-refractivity contribution in [3.05, 3.63) is 12.2 Å². The van der Waals surface area contributed by atoms with Gasteiger partial charge in [-0.3, -0.25) is 5.21 Å². The molecule has 0 aliphatic carbocycles. The summed E-state index contributed by atoms with van der Waals surface area (Å²) in [5.41, 5.74) is 1.53. The van der Waals surface area contributed by atoms with Crippen LogP contribution in [0.3, 0.4) is 0 Å². The van der Waals surface area contributed by atoms with Gasteiger partial charge in [-0.15, -0.1) is 0 Å². The molecule has 6 heteroatoms. The Labute approximate surface area is 75.1 Å². The molecule has 6 nitrogen and oxygen atoms in total. The van der Waals surface area contributed by atoms with E-state index in [1.165, 1.54) is 12.4 Å². The van der Waals surface area contributed by atoms with Gasteiger partial charge >= 0.3 is 12.1 Å². The lowest BCUT2D eigenvalue weighted by Gasteiger charge is -2.04. The Morgan fingerprint density at radius 2 is 1.92 bits per heavy atom. The summed E-state index contributed by atoms with van der Waals surface area (Å²) < 4.78 is 8.89. The minimum Gasteiger partial charge on any atom is -0.459 e. The van der Waals surface area contributed by atoms with Crippen LogP contribution in [-0.4, -0.2) is 30.5 Å².